The van der Waals surface area contributed by atoms with Gasteiger partial charge in [0.25, 0.3) is 0 Å². The molecule has 5 aliphatic carbocycles. The number of carboxylic acids is 1. The third-order valence-corrected chi connectivity index (χ3v) is 14.2. The molecular formula is C34H51NO4. The van der Waals surface area contributed by atoms with Gasteiger partial charge in [0.15, 0.2) is 5.78 Å². The zero-order valence-electron chi connectivity index (χ0n) is 25.3. The van der Waals surface area contributed by atoms with E-state index in [-0.39, 0.29) is 22.2 Å². The van der Waals surface area contributed by atoms with Crippen LogP contribution in [0.5, 0.6) is 0 Å². The summed E-state index contributed by atoms with van der Waals surface area (Å²) in [5.74, 6) is 1.48. The Morgan fingerprint density at radius 3 is 2.28 bits per heavy atom. The maximum absolute atomic E-state index is 14.0. The lowest BCUT2D eigenvalue weighted by Gasteiger charge is -2.71. The molecule has 6 rings (SSSR count). The van der Waals surface area contributed by atoms with Crippen LogP contribution in [0, 0.1) is 56.7 Å². The Labute approximate surface area is 235 Å². The number of rotatable bonds is 3. The Morgan fingerprint density at radius 2 is 1.64 bits per heavy atom. The Bertz CT molecular complexity index is 1120. The number of aliphatic carboxylic acids is 1. The number of ketones is 1. The van der Waals surface area contributed by atoms with Crippen molar-refractivity contribution in [1.29, 1.82) is 0 Å². The highest BCUT2D eigenvalue weighted by molar-refractivity contribution is 6.00. The fraction of sp³-hybridized carbons (Fsp3) is 0.824. The lowest BCUT2D eigenvalue weighted by atomic mass is 9.33. The molecule has 1 saturated heterocycles. The quantitative estimate of drug-likeness (QED) is 0.404. The van der Waals surface area contributed by atoms with Gasteiger partial charge >= 0.3 is 5.97 Å². The number of carbonyl (C=O) groups excluding carboxylic acids is 1. The maximum Gasteiger partial charge on any atom is 0.309 e. The molecule has 0 bridgehead atoms. The smallest absolute Gasteiger partial charge is 0.309 e. The molecule has 6 aliphatic rings. The molecule has 1 N–H and O–H groups in total. The summed E-state index contributed by atoms with van der Waals surface area (Å²) < 4.78 is 5.64. The fourth-order valence-electron chi connectivity index (χ4n) is 12.0. The Hall–Kier alpha value is -1.62. The molecule has 39 heavy (non-hydrogen) atoms. The van der Waals surface area contributed by atoms with Crippen LogP contribution in [0.25, 0.3) is 0 Å². The van der Waals surface area contributed by atoms with Gasteiger partial charge in [0.05, 0.1) is 24.3 Å². The number of Topliss-reactive ketones (excluding diaryl/α,β-unsaturated/α-hetero) is 1. The summed E-state index contributed by atoms with van der Waals surface area (Å²) in [6.45, 7) is 21.5. The first kappa shape index (κ1) is 27.5. The van der Waals surface area contributed by atoms with E-state index in [1.54, 1.807) is 0 Å². The van der Waals surface area contributed by atoms with E-state index in [0.717, 1.165) is 70.2 Å². The van der Waals surface area contributed by atoms with Crippen LogP contribution >= 0.6 is 0 Å². The van der Waals surface area contributed by atoms with E-state index in [2.05, 4.69) is 59.1 Å². The number of allylic oxidation sites excluding steroid dienone is 3. The lowest BCUT2D eigenvalue weighted by Crippen LogP contribution is -2.66. The van der Waals surface area contributed by atoms with Gasteiger partial charge in [-0.2, -0.15) is 0 Å². The molecule has 4 saturated carbocycles. The Morgan fingerprint density at radius 1 is 0.949 bits per heavy atom. The second-order valence-corrected chi connectivity index (χ2v) is 15.7. The molecule has 0 unspecified atom stereocenters. The number of hydrogen-bond acceptors (Lipinski definition) is 4. The van der Waals surface area contributed by atoms with E-state index in [0.29, 0.717) is 42.7 Å². The molecule has 9 atom stereocenters. The van der Waals surface area contributed by atoms with Crippen LogP contribution in [0.3, 0.4) is 0 Å². The number of carbonyl (C=O) groups is 2. The van der Waals surface area contributed by atoms with Gasteiger partial charge in [0, 0.05) is 18.5 Å². The van der Waals surface area contributed by atoms with Gasteiger partial charge in [-0.1, -0.05) is 52.8 Å². The maximum atomic E-state index is 14.0. The van der Waals surface area contributed by atoms with Gasteiger partial charge in [-0.3, -0.25) is 9.59 Å². The van der Waals surface area contributed by atoms with E-state index >= 15 is 0 Å². The first-order valence-electron chi connectivity index (χ1n) is 15.7. The van der Waals surface area contributed by atoms with E-state index in [9.17, 15) is 14.7 Å². The van der Waals surface area contributed by atoms with E-state index in [1.807, 2.05) is 0 Å². The van der Waals surface area contributed by atoms with Crippen LogP contribution in [0.15, 0.2) is 23.9 Å². The van der Waals surface area contributed by atoms with Crippen LogP contribution in [0.1, 0.15) is 92.9 Å². The molecular weight excluding hydrogens is 486 g/mol. The molecule has 1 heterocycles. The van der Waals surface area contributed by atoms with Crippen molar-refractivity contribution < 1.29 is 19.4 Å². The molecule has 5 nitrogen and oxygen atoms in total. The second-order valence-electron chi connectivity index (χ2n) is 15.7. The van der Waals surface area contributed by atoms with Crippen LogP contribution < -0.4 is 0 Å². The summed E-state index contributed by atoms with van der Waals surface area (Å²) in [4.78, 5) is 29.2. The number of ether oxygens (including phenoxy) is 1. The highest BCUT2D eigenvalue weighted by Gasteiger charge is 2.72. The van der Waals surface area contributed by atoms with Crippen molar-refractivity contribution in [2.45, 2.75) is 92.9 Å². The monoisotopic (exact) mass is 537 g/mol. The third-order valence-electron chi connectivity index (χ3n) is 14.2. The minimum Gasteiger partial charge on any atom is -0.481 e. The predicted octanol–water partition coefficient (Wildman–Crippen LogP) is 6.73. The van der Waals surface area contributed by atoms with Crippen molar-refractivity contribution in [2.24, 2.45) is 56.7 Å². The van der Waals surface area contributed by atoms with E-state index < -0.39 is 16.8 Å². The third kappa shape index (κ3) is 3.40. The van der Waals surface area contributed by atoms with Crippen LogP contribution in [0.2, 0.25) is 0 Å². The number of hydrogen-bond donors (Lipinski definition) is 1. The molecule has 5 heteroatoms. The molecule has 0 amide bonds. The van der Waals surface area contributed by atoms with Crippen LogP contribution in [-0.2, 0) is 14.3 Å². The molecule has 0 aromatic rings. The summed E-state index contributed by atoms with van der Waals surface area (Å²) >= 11 is 0. The second kappa shape index (κ2) is 8.69. The summed E-state index contributed by atoms with van der Waals surface area (Å²) in [6.07, 6.45) is 10.4. The highest BCUT2D eigenvalue weighted by atomic mass is 16.5. The number of fused-ring (bicyclic) bond motifs is 7. The van der Waals surface area contributed by atoms with Gasteiger partial charge < -0.3 is 14.7 Å². The molecule has 0 aromatic heterocycles. The van der Waals surface area contributed by atoms with Gasteiger partial charge in [-0.25, -0.2) is 0 Å². The first-order valence-corrected chi connectivity index (χ1v) is 15.7. The van der Waals surface area contributed by atoms with Gasteiger partial charge in [0.2, 0.25) is 0 Å². The molecule has 5 fully saturated rings. The minimum atomic E-state index is -0.583. The largest absolute Gasteiger partial charge is 0.481 e. The van der Waals surface area contributed by atoms with E-state index in [4.69, 9.17) is 4.74 Å². The molecule has 0 aromatic carbocycles. The Kier molecular flexibility index (Phi) is 6.14. The first-order chi connectivity index (χ1) is 18.2. The van der Waals surface area contributed by atoms with Crippen molar-refractivity contribution >= 4 is 11.8 Å². The van der Waals surface area contributed by atoms with Gasteiger partial charge in [-0.15, -0.1) is 0 Å². The van der Waals surface area contributed by atoms with Crippen molar-refractivity contribution in [3.63, 3.8) is 0 Å². The SMILES string of the molecule is C=C(C)[C@@H]1CC[C@]2(C(=O)O)CC[C@]3(C)[C@H](CC[C@@H]4[C@@]5(C)C=C(N6CCOCC6)C(=O)C(C)(C)[C@@H]5CC[C@]43C)[C@@H]12. The number of nitrogens with zero attached hydrogens (tertiary/aromatic N) is 1. The Balaban J connectivity index is 1.43. The number of morpholine rings is 1. The van der Waals surface area contributed by atoms with Crippen molar-refractivity contribution in [1.82, 2.24) is 4.90 Å². The average molecular weight is 538 g/mol. The van der Waals surface area contributed by atoms with Crippen molar-refractivity contribution in [3.8, 4) is 0 Å². The van der Waals surface area contributed by atoms with Crippen LogP contribution in [-0.4, -0.2) is 48.1 Å². The minimum absolute atomic E-state index is 0.0587. The van der Waals surface area contributed by atoms with Gasteiger partial charge in [0.1, 0.15) is 0 Å². The summed E-state index contributed by atoms with van der Waals surface area (Å²) in [7, 11) is 0. The van der Waals surface area contributed by atoms with Crippen LogP contribution in [0.4, 0.5) is 0 Å². The normalized spacial score (nSPS) is 48.8. The summed E-state index contributed by atoms with van der Waals surface area (Å²) in [5, 5.41) is 10.6. The highest BCUT2D eigenvalue weighted by Crippen LogP contribution is 2.77. The molecule has 0 radical (unpaired) electrons. The fourth-order valence-corrected chi connectivity index (χ4v) is 12.0. The zero-order chi connectivity index (χ0) is 28.2. The van der Waals surface area contributed by atoms with Crippen molar-refractivity contribution in [3.05, 3.63) is 23.9 Å². The zero-order valence-corrected chi connectivity index (χ0v) is 25.3. The molecule has 216 valence electrons. The van der Waals surface area contributed by atoms with E-state index in [1.165, 1.54) is 5.57 Å². The summed E-state index contributed by atoms with van der Waals surface area (Å²) in [5.41, 5.74) is 1.28. The topological polar surface area (TPSA) is 66.8 Å². The van der Waals surface area contributed by atoms with Crippen molar-refractivity contribution in [2.75, 3.05) is 26.3 Å². The predicted molar refractivity (Wildman–Crippen MR) is 153 cm³/mol. The summed E-state index contributed by atoms with van der Waals surface area (Å²) in [6, 6.07) is 0. The number of carboxylic acid groups (broad SMARTS) is 1. The molecule has 1 aliphatic heterocycles. The lowest BCUT2D eigenvalue weighted by molar-refractivity contribution is -0.222. The average Bonchev–Trinajstić information content (AvgIpc) is 3.29. The van der Waals surface area contributed by atoms with Gasteiger partial charge in [-0.05, 0) is 104 Å². The molecule has 0 spiro atoms. The standard InChI is InChI=1S/C34H51NO4/c1-21(2)22-10-13-34(29(37)38)15-14-32(6)23(27(22)34)8-9-26-31(5)20-24(35-16-18-39-19-17-35)28(36)30(3,4)25(31)11-12-33(26,32)7/h20,22-23,25-27H,1,8-19H2,2-7H3,(H,37,38)/t22-,23+,25-,26+,27+,31-,32+,33+,34-/m0/s1.